The Bertz CT molecular complexity index is 4530. The van der Waals surface area contributed by atoms with Crippen molar-refractivity contribution < 1.29 is 86.9 Å². The molecule has 6 heterocycles. The van der Waals surface area contributed by atoms with Crippen molar-refractivity contribution in [3.8, 4) is 0 Å². The number of likely N-dealkylation sites (tertiary alicyclic amines) is 6. The van der Waals surface area contributed by atoms with Crippen molar-refractivity contribution in [3.63, 3.8) is 0 Å². The first-order valence-electron chi connectivity index (χ1n) is 49.7. The first kappa shape index (κ1) is 119. The van der Waals surface area contributed by atoms with Gasteiger partial charge in [-0.05, 0) is 186 Å². The number of nitrogens with two attached hydrogens (primary N) is 9. The standard InChI is InChI=1S/C87H156N40O18/c1-3-47(2)63(121-66(131)50(20-6-34-107-82(93)94)113-64(129)48(88)18-4-32-105-80(89)90)72(137)118-54(24-10-38-111-86(101)102)75(140)123-41-13-27-58(123)69(134)117-53(23-9-37-110-85(99)100)76(141)127-45-17-31-62(127)78(143)126-44-16-30-61(126)67(132)114-49(19-5-33-106-81(91)92)65(130)120-56(46-128)77(142)125-43-15-28-59(125)70(135)116-51(21-7-35-108-83(95)96)73(138)122-40-12-26-57(122)68(133)115-52(22-8-36-109-84(97)98)74(139)124-42-14-29-60(124)71(136)119-55(79(144)145)25-11-39-112-87(103)104/h47-63,128H,3-46,88H2,1-2H3,(H,113,129)(H,114,132)(H,115,133)(H,116,135)(H,117,134)(H,118,137)(H,119,136)(H,120,130)(H,121,131)(H,144,145)(H4,89,90,105)(H4,91,92,106)(H4,93,94,107)(H4,95,96,108)(H4,97,98,109)(H4,99,100,110)(H4,101,102,111)(H4,103,104,112)/t47-,48-,49-,50-,51-,52-,53-,54-,55-,56-,57-,58-,59-,60-,61-,62-,63-/m0/s1. The van der Waals surface area contributed by atoms with Gasteiger partial charge in [0, 0.05) is 91.6 Å². The zero-order chi connectivity index (χ0) is 107. The van der Waals surface area contributed by atoms with E-state index in [4.69, 9.17) is 94.9 Å². The van der Waals surface area contributed by atoms with Crippen molar-refractivity contribution in [2.24, 2.45) is 57.5 Å². The van der Waals surface area contributed by atoms with Crippen LogP contribution in [0.3, 0.4) is 0 Å². The lowest BCUT2D eigenvalue weighted by atomic mass is 9.96. The highest BCUT2D eigenvalue weighted by Crippen LogP contribution is 2.30. The van der Waals surface area contributed by atoms with E-state index in [1.165, 1.54) is 24.5 Å². The van der Waals surface area contributed by atoms with E-state index in [0.717, 1.165) is 4.90 Å². The van der Waals surface area contributed by atoms with Gasteiger partial charge in [-0.15, -0.1) is 0 Å². The molecule has 15 amide bonds. The highest BCUT2D eigenvalue weighted by atomic mass is 16.4. The SMILES string of the molecule is CC[C@H](C)[C@H](NC(=O)[C@H](CCCNC(=N)N)NC(=O)[C@@H](N)CCCNC(=N)N)C(=O)N[C@@H](CCCNC(=N)N)C(=O)N1CCC[C@H]1C(=O)N[C@@H](CCCNC(=N)N)C(=O)N1CCC[C@H]1C(=O)N1CCC[C@H]1C(=O)N[C@@H](CCCNC(=N)N)C(=O)N[C@@H](CO)C(=O)N1CCC[C@H]1C(=O)N[C@@H](CCCNC(=N)N)C(=O)N1CCC[C@H]1C(=O)N[C@@H](CCCNC(=N)N)C(=O)N1CCC[C@H]1C(=O)N[C@@H](CCCNC(=N)N)C(=O)O. The van der Waals surface area contributed by atoms with Crippen LogP contribution < -0.4 is 142 Å². The van der Waals surface area contributed by atoms with Gasteiger partial charge in [0.05, 0.1) is 12.6 Å². The number of aliphatic hydroxyl groups excluding tert-OH is 1. The number of rotatable bonds is 60. The summed E-state index contributed by atoms with van der Waals surface area (Å²) < 4.78 is 0. The van der Waals surface area contributed by atoms with Crippen LogP contribution in [0.1, 0.15) is 200 Å². The van der Waals surface area contributed by atoms with E-state index in [1.54, 1.807) is 13.8 Å². The quantitative estimate of drug-likeness (QED) is 0.0153. The molecule has 0 unspecified atom stereocenters. The summed E-state index contributed by atoms with van der Waals surface area (Å²) in [4.78, 5) is 241. The number of carbonyl (C=O) groups excluding carboxylic acids is 15. The number of carboxylic acid groups (broad SMARTS) is 1. The van der Waals surface area contributed by atoms with E-state index < -0.39 is 222 Å². The molecule has 0 aliphatic carbocycles. The zero-order valence-corrected chi connectivity index (χ0v) is 82.7. The number of nitrogens with zero attached hydrogens (tertiary/aromatic N) is 6. The van der Waals surface area contributed by atoms with E-state index in [9.17, 15) is 67.7 Å². The molecule has 6 aliphatic rings. The highest BCUT2D eigenvalue weighted by Gasteiger charge is 2.49. The topological polar surface area (TPSA) is 963 Å². The second kappa shape index (κ2) is 60.9. The molecule has 58 heteroatoms. The van der Waals surface area contributed by atoms with Gasteiger partial charge < -0.3 is 182 Å². The summed E-state index contributed by atoms with van der Waals surface area (Å²) in [7, 11) is 0. The minimum atomic E-state index is -1.78. The highest BCUT2D eigenvalue weighted by molar-refractivity contribution is 6.02. The van der Waals surface area contributed by atoms with Crippen LogP contribution in [-0.2, 0) is 76.7 Å². The van der Waals surface area contributed by atoms with E-state index in [1.807, 2.05) is 0 Å². The van der Waals surface area contributed by atoms with Crippen molar-refractivity contribution in [2.75, 3.05) is 98.2 Å². The molecule has 0 saturated carbocycles. The Morgan fingerprint density at radius 2 is 0.510 bits per heavy atom. The molecular formula is C87H156N40O18. The summed E-state index contributed by atoms with van der Waals surface area (Å²) in [6.45, 7) is 3.11. The number of carboxylic acids is 1. The van der Waals surface area contributed by atoms with E-state index >= 15 is 19.2 Å². The fourth-order valence-corrected chi connectivity index (χ4v) is 18.5. The molecule has 812 valence electrons. The van der Waals surface area contributed by atoms with Gasteiger partial charge >= 0.3 is 5.97 Å². The molecule has 58 nitrogen and oxygen atoms in total. The molecule has 0 aromatic carbocycles. The second-order valence-corrected chi connectivity index (χ2v) is 37.0. The summed E-state index contributed by atoms with van der Waals surface area (Å²) in [6.07, 6.45) is 3.27. The lowest BCUT2D eigenvalue weighted by Crippen LogP contribution is -2.61. The van der Waals surface area contributed by atoms with E-state index in [-0.39, 0.29) is 288 Å². The van der Waals surface area contributed by atoms with Gasteiger partial charge in [-0.3, -0.25) is 115 Å². The Morgan fingerprint density at radius 1 is 0.290 bits per heavy atom. The third-order valence-electron chi connectivity index (χ3n) is 26.2. The number of hydrogen-bond donors (Lipinski definition) is 36. The zero-order valence-electron chi connectivity index (χ0n) is 82.7. The van der Waals surface area contributed by atoms with Crippen LogP contribution in [0, 0.1) is 49.2 Å². The number of nitrogens with one attached hydrogen (secondary N) is 25. The molecule has 0 bridgehead atoms. The fourth-order valence-electron chi connectivity index (χ4n) is 18.5. The minimum absolute atomic E-state index is 0.00000792. The first-order valence-corrected chi connectivity index (χ1v) is 49.7. The predicted molar refractivity (Wildman–Crippen MR) is 531 cm³/mol. The molecule has 0 aromatic rings. The first-order chi connectivity index (χ1) is 68.9. The Morgan fingerprint density at radius 3 is 0.807 bits per heavy atom. The maximum absolute atomic E-state index is 15.3. The molecule has 6 aliphatic heterocycles. The Labute approximate surface area is 841 Å². The summed E-state index contributed by atoms with van der Waals surface area (Å²) in [5.41, 5.74) is 50.4. The number of amides is 15. The third kappa shape index (κ3) is 38.7. The second-order valence-electron chi connectivity index (χ2n) is 37.0. The van der Waals surface area contributed by atoms with Crippen molar-refractivity contribution >= 4 is 142 Å². The summed E-state index contributed by atoms with van der Waals surface area (Å²) in [5, 5.41) is 128. The van der Waals surface area contributed by atoms with Crippen LogP contribution in [-0.4, -0.2) is 377 Å². The fraction of sp³-hybridized carbons (Fsp3) is 0.724. The van der Waals surface area contributed by atoms with E-state index in [0.29, 0.717) is 19.3 Å². The van der Waals surface area contributed by atoms with Crippen LogP contribution in [0.4, 0.5) is 0 Å². The smallest absolute Gasteiger partial charge is 0.326 e. The van der Waals surface area contributed by atoms with Crippen LogP contribution in [0.15, 0.2) is 0 Å². The van der Waals surface area contributed by atoms with E-state index in [2.05, 4.69) is 90.4 Å². The lowest BCUT2D eigenvalue weighted by molar-refractivity contribution is -0.148. The number of guanidine groups is 8. The predicted octanol–water partition coefficient (Wildman–Crippen LogP) is -11.1. The summed E-state index contributed by atoms with van der Waals surface area (Å²) >= 11 is 0. The van der Waals surface area contributed by atoms with Gasteiger partial charge in [-0.25, -0.2) is 4.79 Å². The van der Waals surface area contributed by atoms with Gasteiger partial charge in [-0.2, -0.15) is 0 Å². The van der Waals surface area contributed by atoms with Crippen molar-refractivity contribution in [1.82, 2.24) is 120 Å². The van der Waals surface area contributed by atoms with Crippen LogP contribution in [0.25, 0.3) is 0 Å². The Balaban J connectivity index is 1.17. The number of aliphatic hydroxyl groups is 1. The van der Waals surface area contributed by atoms with Gasteiger partial charge in [0.15, 0.2) is 47.7 Å². The number of hydrogen-bond acceptors (Lipinski definition) is 26. The maximum Gasteiger partial charge on any atom is 0.326 e. The molecule has 17 atom stereocenters. The monoisotopic (exact) mass is 2050 g/mol. The molecule has 145 heavy (non-hydrogen) atoms. The van der Waals surface area contributed by atoms with Gasteiger partial charge in [-0.1, -0.05) is 20.3 Å². The maximum atomic E-state index is 15.3. The molecule has 45 N–H and O–H groups in total. The molecule has 6 fully saturated rings. The average Bonchev–Trinajstić information content (AvgIpc) is 1.67. The molecule has 6 saturated heterocycles. The molecule has 0 spiro atoms. The van der Waals surface area contributed by atoms with Crippen LogP contribution in [0.2, 0.25) is 0 Å². The number of carbonyl (C=O) groups is 16. The summed E-state index contributed by atoms with van der Waals surface area (Å²) in [6, 6.07) is -21.3. The molecule has 0 radical (unpaired) electrons. The lowest BCUT2D eigenvalue weighted by Gasteiger charge is -2.34. The number of aliphatic carboxylic acids is 1. The normalized spacial score (nSPS) is 19.6. The van der Waals surface area contributed by atoms with Gasteiger partial charge in [0.1, 0.15) is 90.6 Å². The molecule has 6 rings (SSSR count). The molecule has 0 aromatic heterocycles. The Kier molecular flexibility index (Phi) is 50.1. The minimum Gasteiger partial charge on any atom is -0.480 e. The van der Waals surface area contributed by atoms with Crippen LogP contribution >= 0.6 is 0 Å². The summed E-state index contributed by atoms with van der Waals surface area (Å²) in [5.74, 6) is -16.6. The third-order valence-corrected chi connectivity index (χ3v) is 26.2. The largest absolute Gasteiger partial charge is 0.480 e. The van der Waals surface area contributed by atoms with Crippen molar-refractivity contribution in [1.29, 1.82) is 43.3 Å². The van der Waals surface area contributed by atoms with Gasteiger partial charge in [0.2, 0.25) is 88.6 Å². The molecular weight excluding hydrogens is 1890 g/mol. The van der Waals surface area contributed by atoms with Crippen molar-refractivity contribution in [2.45, 2.75) is 297 Å². The Hall–Kier alpha value is -14.4. The van der Waals surface area contributed by atoms with Crippen LogP contribution in [0.5, 0.6) is 0 Å². The van der Waals surface area contributed by atoms with Crippen molar-refractivity contribution in [3.05, 3.63) is 0 Å². The average molecular weight is 2050 g/mol. The van der Waals surface area contributed by atoms with Gasteiger partial charge in [0.25, 0.3) is 0 Å².